The molecule has 5 nitrogen and oxygen atoms in total. The third-order valence-corrected chi connectivity index (χ3v) is 5.71. The average Bonchev–Trinajstić information content (AvgIpc) is 3.13. The molecule has 2 aromatic carbocycles. The van der Waals surface area contributed by atoms with Crippen LogP contribution in [0, 0.1) is 0 Å². The van der Waals surface area contributed by atoms with E-state index in [2.05, 4.69) is 0 Å². The maximum Gasteiger partial charge on any atom is 0.460 e. The maximum absolute atomic E-state index is 14.6. The quantitative estimate of drug-likeness (QED) is 0.587. The van der Waals surface area contributed by atoms with Gasteiger partial charge < -0.3 is 0 Å². The van der Waals surface area contributed by atoms with Crippen LogP contribution in [0.4, 0.5) is 42.1 Å². The molecule has 1 heterocycles. The Balaban J connectivity index is 2.11. The number of nitrogens with zero attached hydrogens (tertiary/aromatic N) is 2. The first-order valence-corrected chi connectivity index (χ1v) is 10.5. The number of allylic oxidation sites excluding steroid dienone is 1. The van der Waals surface area contributed by atoms with E-state index in [4.69, 9.17) is 16.7 Å². The molecule has 0 amide bonds. The van der Waals surface area contributed by atoms with Crippen molar-refractivity contribution in [2.24, 2.45) is 5.14 Å². The Morgan fingerprint density at radius 2 is 1.34 bits per heavy atom. The van der Waals surface area contributed by atoms with Crippen LogP contribution in [-0.2, 0) is 10.0 Å². The Bertz CT molecular complexity index is 1130. The van der Waals surface area contributed by atoms with Gasteiger partial charge in [-0.05, 0) is 54.6 Å². The molecule has 2 aromatic rings. The lowest BCUT2D eigenvalue weighted by molar-refractivity contribution is -0.344. The highest BCUT2D eigenvalue weighted by Gasteiger charge is 2.75. The molecule has 14 heteroatoms. The van der Waals surface area contributed by atoms with Crippen molar-refractivity contribution in [2.45, 2.75) is 22.9 Å². The number of hydrogen-bond donors (Lipinski definition) is 1. The highest BCUT2D eigenvalue weighted by atomic mass is 35.5. The highest BCUT2D eigenvalue weighted by Crippen LogP contribution is 2.52. The number of halogens is 8. The van der Waals surface area contributed by atoms with E-state index in [1.165, 1.54) is 12.1 Å². The molecule has 0 aromatic heterocycles. The summed E-state index contributed by atoms with van der Waals surface area (Å²) in [6, 6.07) is 9.10. The van der Waals surface area contributed by atoms with Crippen molar-refractivity contribution >= 4 is 33.0 Å². The van der Waals surface area contributed by atoms with Crippen molar-refractivity contribution in [1.82, 2.24) is 0 Å². The molecule has 1 aliphatic heterocycles. The summed E-state index contributed by atoms with van der Waals surface area (Å²) in [4.78, 5) is -0.319. The minimum Gasteiger partial charge on any atom is -0.277 e. The summed E-state index contributed by atoms with van der Waals surface area (Å²) in [6.07, 6.45) is -5.99. The second-order valence-corrected chi connectivity index (χ2v) is 8.64. The fourth-order valence-corrected chi connectivity index (χ4v) is 3.60. The number of alkyl halides is 7. The first-order chi connectivity index (χ1) is 14.6. The van der Waals surface area contributed by atoms with Crippen LogP contribution >= 0.6 is 11.6 Å². The molecule has 0 saturated heterocycles. The summed E-state index contributed by atoms with van der Waals surface area (Å²) in [5.41, 5.74) is -1.78. The second-order valence-electron chi connectivity index (χ2n) is 6.65. The molecule has 0 atom stereocenters. The van der Waals surface area contributed by atoms with Crippen molar-refractivity contribution in [3.05, 3.63) is 65.3 Å². The van der Waals surface area contributed by atoms with Crippen LogP contribution in [0.3, 0.4) is 0 Å². The molecular weight excluding hydrogens is 491 g/mol. The van der Waals surface area contributed by atoms with Crippen molar-refractivity contribution in [1.29, 1.82) is 0 Å². The lowest BCUT2D eigenvalue weighted by Gasteiger charge is -2.38. The molecule has 0 bridgehead atoms. The van der Waals surface area contributed by atoms with Crippen molar-refractivity contribution < 1.29 is 39.2 Å². The number of sulfonamides is 1. The Kier molecular flexibility index (Phi) is 5.89. The number of nitrogens with two attached hydrogens (primary N) is 1. The van der Waals surface area contributed by atoms with Gasteiger partial charge in [0.25, 0.3) is 0 Å². The summed E-state index contributed by atoms with van der Waals surface area (Å²) < 4.78 is 118. The van der Waals surface area contributed by atoms with Gasteiger partial charge in [0.2, 0.25) is 10.0 Å². The van der Waals surface area contributed by atoms with Crippen molar-refractivity contribution in [3.63, 3.8) is 0 Å². The van der Waals surface area contributed by atoms with Gasteiger partial charge in [0.1, 0.15) is 5.70 Å². The van der Waals surface area contributed by atoms with Gasteiger partial charge in [0.05, 0.1) is 22.8 Å². The summed E-state index contributed by atoms with van der Waals surface area (Å²) in [5.74, 6) is -12.0. The lowest BCUT2D eigenvalue weighted by atomic mass is 10.1. The Morgan fingerprint density at radius 1 is 0.844 bits per heavy atom. The van der Waals surface area contributed by atoms with E-state index in [0.717, 1.165) is 41.4 Å². The van der Waals surface area contributed by atoms with Gasteiger partial charge in [0.15, 0.2) is 0 Å². The van der Waals surface area contributed by atoms with Crippen LogP contribution < -0.4 is 15.2 Å². The standard InChI is InChI=1S/C18H13ClF7N3O2S/c19-11-1-3-13(4-2-11)29-15(16(20,21)17(22,23)18(24,25)26)9-10-28(29)12-5-7-14(8-6-12)32(27,30)31/h1-9H,10H2,(H2,27,30,31). The van der Waals surface area contributed by atoms with E-state index >= 15 is 0 Å². The van der Waals surface area contributed by atoms with E-state index in [9.17, 15) is 39.2 Å². The summed E-state index contributed by atoms with van der Waals surface area (Å²) in [6.45, 7) is -0.518. The van der Waals surface area contributed by atoms with Gasteiger partial charge in [-0.15, -0.1) is 0 Å². The van der Waals surface area contributed by atoms with Gasteiger partial charge in [-0.2, -0.15) is 30.7 Å². The smallest absolute Gasteiger partial charge is 0.277 e. The first-order valence-electron chi connectivity index (χ1n) is 8.56. The van der Waals surface area contributed by atoms with Crippen LogP contribution in [0.25, 0.3) is 0 Å². The molecule has 174 valence electrons. The summed E-state index contributed by atoms with van der Waals surface area (Å²) >= 11 is 5.76. The second kappa shape index (κ2) is 7.81. The summed E-state index contributed by atoms with van der Waals surface area (Å²) in [5, 5.41) is 6.61. The fraction of sp³-hybridized carbons (Fsp3) is 0.222. The Morgan fingerprint density at radius 3 is 1.81 bits per heavy atom. The Hall–Kier alpha value is -2.51. The molecule has 0 saturated carbocycles. The predicted octanol–water partition coefficient (Wildman–Crippen LogP) is 4.95. The van der Waals surface area contributed by atoms with Gasteiger partial charge in [-0.3, -0.25) is 10.0 Å². The van der Waals surface area contributed by atoms with Crippen LogP contribution in [0.1, 0.15) is 0 Å². The van der Waals surface area contributed by atoms with Crippen LogP contribution in [-0.4, -0.2) is 33.0 Å². The lowest BCUT2D eigenvalue weighted by Crippen LogP contribution is -2.56. The molecule has 0 spiro atoms. The Labute approximate surface area is 182 Å². The van der Waals surface area contributed by atoms with Crippen molar-refractivity contribution in [3.8, 4) is 0 Å². The molecule has 0 unspecified atom stereocenters. The molecule has 1 aliphatic rings. The van der Waals surface area contributed by atoms with Gasteiger partial charge in [-0.1, -0.05) is 11.6 Å². The summed E-state index contributed by atoms with van der Waals surface area (Å²) in [7, 11) is -4.09. The molecule has 32 heavy (non-hydrogen) atoms. The number of benzene rings is 2. The zero-order valence-corrected chi connectivity index (χ0v) is 17.2. The third-order valence-electron chi connectivity index (χ3n) is 4.53. The topological polar surface area (TPSA) is 66.6 Å². The molecule has 0 radical (unpaired) electrons. The molecule has 0 fully saturated rings. The SMILES string of the molecule is NS(=O)(=O)c1ccc(N2CC=C(C(F)(F)C(F)(F)C(F)(F)F)N2c2ccc(Cl)cc2)cc1. The fourth-order valence-electron chi connectivity index (χ4n) is 2.96. The zero-order chi connectivity index (χ0) is 24.1. The maximum atomic E-state index is 14.6. The molecular formula is C18H13ClF7N3O2S. The number of hydrazine groups is 1. The van der Waals surface area contributed by atoms with E-state index < -0.39 is 40.3 Å². The number of rotatable bonds is 5. The van der Waals surface area contributed by atoms with Gasteiger partial charge >= 0.3 is 18.0 Å². The molecule has 2 N–H and O–H groups in total. The highest BCUT2D eigenvalue weighted by molar-refractivity contribution is 7.89. The first kappa shape index (κ1) is 24.1. The van der Waals surface area contributed by atoms with E-state index in [0.29, 0.717) is 11.1 Å². The molecule has 3 rings (SSSR count). The largest absolute Gasteiger partial charge is 0.460 e. The van der Waals surface area contributed by atoms with E-state index in [1.807, 2.05) is 0 Å². The van der Waals surface area contributed by atoms with Crippen molar-refractivity contribution in [2.75, 3.05) is 16.6 Å². The monoisotopic (exact) mass is 503 g/mol. The van der Waals surface area contributed by atoms with Crippen LogP contribution in [0.15, 0.2) is 65.2 Å². The number of anilines is 2. The zero-order valence-electron chi connectivity index (χ0n) is 15.6. The average molecular weight is 504 g/mol. The minimum absolute atomic E-state index is 0.0183. The normalized spacial score (nSPS) is 15.8. The predicted molar refractivity (Wildman–Crippen MR) is 103 cm³/mol. The van der Waals surface area contributed by atoms with Gasteiger partial charge in [-0.25, -0.2) is 13.6 Å². The number of hydrogen-bond acceptors (Lipinski definition) is 4. The third kappa shape index (κ3) is 4.11. The molecule has 0 aliphatic carbocycles. The van der Waals surface area contributed by atoms with E-state index in [-0.39, 0.29) is 21.3 Å². The minimum atomic E-state index is -6.52. The van der Waals surface area contributed by atoms with Crippen LogP contribution in [0.5, 0.6) is 0 Å². The van der Waals surface area contributed by atoms with Gasteiger partial charge in [0, 0.05) is 5.02 Å². The van der Waals surface area contributed by atoms with E-state index in [1.54, 1.807) is 0 Å². The van der Waals surface area contributed by atoms with Crippen LogP contribution in [0.2, 0.25) is 5.02 Å². The number of primary sulfonamides is 1.